The van der Waals surface area contributed by atoms with Gasteiger partial charge in [-0.3, -0.25) is 20.0 Å². The fourth-order valence-electron chi connectivity index (χ4n) is 2.21. The number of hydrogen-bond acceptors (Lipinski definition) is 6. The van der Waals surface area contributed by atoms with Gasteiger partial charge in [-0.2, -0.15) is 0 Å². The summed E-state index contributed by atoms with van der Waals surface area (Å²) in [6.45, 7) is 9.56. The normalized spacial score (nSPS) is 17.9. The van der Waals surface area contributed by atoms with Gasteiger partial charge in [0.1, 0.15) is 0 Å². The highest BCUT2D eigenvalue weighted by Gasteiger charge is 2.19. The molecule has 0 unspecified atom stereocenters. The minimum Gasteiger partial charge on any atom is -0.298 e. The number of piperazine rings is 1. The van der Waals surface area contributed by atoms with E-state index < -0.39 is 0 Å². The summed E-state index contributed by atoms with van der Waals surface area (Å²) in [5.41, 5.74) is 3.05. The third-order valence-electron chi connectivity index (χ3n) is 3.40. The maximum Gasteiger partial charge on any atom is 0.294 e. The van der Waals surface area contributed by atoms with Crippen LogP contribution in [0, 0.1) is 0 Å². The van der Waals surface area contributed by atoms with Crippen molar-refractivity contribution in [2.45, 2.75) is 26.4 Å². The van der Waals surface area contributed by atoms with Crippen LogP contribution in [0.4, 0.5) is 0 Å². The van der Waals surface area contributed by atoms with E-state index in [9.17, 15) is 4.79 Å². The topological polar surface area (TPSA) is 74.5 Å². The highest BCUT2D eigenvalue weighted by atomic mass is 32.1. The predicted octanol–water partition coefficient (Wildman–Crippen LogP) is 0.273. The molecule has 0 spiro atoms. The fraction of sp³-hybridized carbons (Fsp3) is 0.667. The van der Waals surface area contributed by atoms with Crippen molar-refractivity contribution in [2.75, 3.05) is 26.2 Å². The summed E-state index contributed by atoms with van der Waals surface area (Å²) in [7, 11) is 0. The van der Waals surface area contributed by atoms with Crippen LogP contribution in [0.5, 0.6) is 0 Å². The second-order valence-electron chi connectivity index (χ2n) is 5.02. The number of rotatable bonds is 4. The van der Waals surface area contributed by atoms with E-state index in [-0.39, 0.29) is 5.91 Å². The molecule has 1 amide bonds. The van der Waals surface area contributed by atoms with E-state index in [0.29, 0.717) is 11.0 Å². The lowest BCUT2D eigenvalue weighted by Gasteiger charge is -2.36. The maximum absolute atomic E-state index is 11.3. The van der Waals surface area contributed by atoms with Crippen LogP contribution in [0.25, 0.3) is 0 Å². The van der Waals surface area contributed by atoms with Gasteiger partial charge < -0.3 is 0 Å². The number of nitrogens with one attached hydrogen (secondary N) is 1. The molecule has 1 saturated heterocycles. The van der Waals surface area contributed by atoms with Crippen molar-refractivity contribution in [3.05, 3.63) is 16.1 Å². The number of amides is 1. The summed E-state index contributed by atoms with van der Waals surface area (Å²) in [5, 5.41) is 2.36. The second-order valence-corrected chi connectivity index (χ2v) is 5.88. The lowest BCUT2D eigenvalue weighted by atomic mass is 10.2. The molecule has 0 aromatic carbocycles. The molecule has 2 heterocycles. The van der Waals surface area contributed by atoms with Crippen molar-refractivity contribution in [3.8, 4) is 0 Å². The Labute approximate surface area is 117 Å². The molecule has 0 radical (unpaired) electrons. The Hall–Kier alpha value is -1.02. The van der Waals surface area contributed by atoms with Crippen LogP contribution < -0.4 is 11.3 Å². The number of nitrogen functional groups attached to an aromatic ring is 1. The summed E-state index contributed by atoms with van der Waals surface area (Å²) in [5.74, 6) is 4.77. The van der Waals surface area contributed by atoms with E-state index in [1.54, 1.807) is 0 Å². The molecule has 0 aliphatic carbocycles. The predicted molar refractivity (Wildman–Crippen MR) is 75.8 cm³/mol. The number of nitrogens with zero attached hydrogens (tertiary/aromatic N) is 3. The van der Waals surface area contributed by atoms with Gasteiger partial charge in [0.15, 0.2) is 5.01 Å². The van der Waals surface area contributed by atoms with Crippen LogP contribution in [0.1, 0.15) is 29.3 Å². The smallest absolute Gasteiger partial charge is 0.294 e. The minimum absolute atomic E-state index is 0.319. The Bertz CT molecular complexity index is 426. The Kier molecular flexibility index (Phi) is 4.87. The number of nitrogens with two attached hydrogens (primary N) is 1. The van der Waals surface area contributed by atoms with Crippen LogP contribution in [-0.2, 0) is 6.54 Å². The Morgan fingerprint density at radius 3 is 2.74 bits per heavy atom. The quantitative estimate of drug-likeness (QED) is 0.471. The Morgan fingerprint density at radius 2 is 2.16 bits per heavy atom. The average molecular weight is 283 g/mol. The molecule has 19 heavy (non-hydrogen) atoms. The van der Waals surface area contributed by atoms with E-state index in [4.69, 9.17) is 5.84 Å². The number of hydrazine groups is 1. The van der Waals surface area contributed by atoms with Gasteiger partial charge >= 0.3 is 0 Å². The van der Waals surface area contributed by atoms with Crippen molar-refractivity contribution in [3.63, 3.8) is 0 Å². The molecule has 0 bridgehead atoms. The number of aromatic nitrogens is 1. The van der Waals surface area contributed by atoms with Crippen molar-refractivity contribution >= 4 is 17.2 Å². The van der Waals surface area contributed by atoms with E-state index in [1.165, 1.54) is 11.3 Å². The summed E-state index contributed by atoms with van der Waals surface area (Å²) in [6.07, 6.45) is 0. The zero-order valence-corrected chi connectivity index (χ0v) is 12.2. The van der Waals surface area contributed by atoms with Gasteiger partial charge in [-0.05, 0) is 13.8 Å². The minimum atomic E-state index is -0.319. The molecule has 1 aliphatic heterocycles. The van der Waals surface area contributed by atoms with Crippen LogP contribution in [-0.4, -0.2) is 52.9 Å². The largest absolute Gasteiger partial charge is 0.298 e. The lowest BCUT2D eigenvalue weighted by molar-refractivity contribution is 0.0950. The molecule has 1 aliphatic rings. The molecule has 1 aromatic rings. The molecule has 2 rings (SSSR count). The third kappa shape index (κ3) is 3.73. The molecule has 6 nitrogen and oxygen atoms in total. The Morgan fingerprint density at radius 1 is 1.47 bits per heavy atom. The molecule has 0 atom stereocenters. The average Bonchev–Trinajstić information content (AvgIpc) is 2.87. The number of thiazole rings is 1. The first-order valence-corrected chi connectivity index (χ1v) is 7.40. The van der Waals surface area contributed by atoms with Gasteiger partial charge in [-0.25, -0.2) is 10.8 Å². The van der Waals surface area contributed by atoms with Gasteiger partial charge in [-0.15, -0.1) is 11.3 Å². The standard InChI is InChI=1S/C12H21N5OS/c1-9(2)17-5-3-16(4-6-17)7-10-8-19-12(14-10)11(18)15-13/h8-9H,3-7,13H2,1-2H3,(H,15,18). The molecule has 0 saturated carbocycles. The molecule has 1 fully saturated rings. The highest BCUT2D eigenvalue weighted by Crippen LogP contribution is 2.13. The van der Waals surface area contributed by atoms with E-state index in [2.05, 4.69) is 34.1 Å². The van der Waals surface area contributed by atoms with E-state index >= 15 is 0 Å². The molecule has 3 N–H and O–H groups in total. The highest BCUT2D eigenvalue weighted by molar-refractivity contribution is 7.11. The SMILES string of the molecule is CC(C)N1CCN(Cc2csc(C(=O)NN)n2)CC1. The monoisotopic (exact) mass is 283 g/mol. The zero-order valence-electron chi connectivity index (χ0n) is 11.4. The van der Waals surface area contributed by atoms with Gasteiger partial charge in [0.25, 0.3) is 5.91 Å². The lowest BCUT2D eigenvalue weighted by Crippen LogP contribution is -2.48. The summed E-state index contributed by atoms with van der Waals surface area (Å²) < 4.78 is 0. The van der Waals surface area contributed by atoms with Crippen molar-refractivity contribution < 1.29 is 4.79 Å². The molecule has 106 valence electrons. The van der Waals surface area contributed by atoms with Crippen molar-refractivity contribution in [1.29, 1.82) is 0 Å². The third-order valence-corrected chi connectivity index (χ3v) is 4.29. The van der Waals surface area contributed by atoms with Crippen LogP contribution in [0.2, 0.25) is 0 Å². The van der Waals surface area contributed by atoms with Gasteiger partial charge in [0.05, 0.1) is 5.69 Å². The number of carbonyl (C=O) groups is 1. The number of hydrogen-bond donors (Lipinski definition) is 2. The van der Waals surface area contributed by atoms with Gasteiger partial charge in [0, 0.05) is 44.1 Å². The molecular formula is C12H21N5OS. The summed E-state index contributed by atoms with van der Waals surface area (Å²) >= 11 is 1.34. The second kappa shape index (κ2) is 6.42. The van der Waals surface area contributed by atoms with Crippen LogP contribution in [0.3, 0.4) is 0 Å². The molecule has 7 heteroatoms. The first-order valence-electron chi connectivity index (χ1n) is 6.52. The van der Waals surface area contributed by atoms with E-state index in [0.717, 1.165) is 38.4 Å². The van der Waals surface area contributed by atoms with Gasteiger partial charge in [0.2, 0.25) is 0 Å². The first-order chi connectivity index (χ1) is 9.10. The summed E-state index contributed by atoms with van der Waals surface area (Å²) in [4.78, 5) is 20.5. The van der Waals surface area contributed by atoms with Crippen molar-refractivity contribution in [1.82, 2.24) is 20.2 Å². The van der Waals surface area contributed by atoms with Crippen molar-refractivity contribution in [2.24, 2.45) is 5.84 Å². The molecule has 1 aromatic heterocycles. The molecular weight excluding hydrogens is 262 g/mol. The summed E-state index contributed by atoms with van der Waals surface area (Å²) in [6, 6.07) is 0.612. The van der Waals surface area contributed by atoms with E-state index in [1.807, 2.05) is 5.38 Å². The maximum atomic E-state index is 11.3. The van der Waals surface area contributed by atoms with Crippen LogP contribution in [0.15, 0.2) is 5.38 Å². The Balaban J connectivity index is 1.85. The van der Waals surface area contributed by atoms with Gasteiger partial charge in [-0.1, -0.05) is 0 Å². The first kappa shape index (κ1) is 14.4. The fourth-order valence-corrected chi connectivity index (χ4v) is 2.92. The number of carbonyl (C=O) groups excluding carboxylic acids is 1. The van der Waals surface area contributed by atoms with Crippen LogP contribution >= 0.6 is 11.3 Å². The zero-order chi connectivity index (χ0) is 13.8.